The fraction of sp³-hybridized carbons (Fsp3) is 0.278. The molecule has 2 aromatic rings. The number of benzene rings is 2. The number of aryl methyl sites for hydroxylation is 2. The number of carbonyl (C=O) groups is 1. The second kappa shape index (κ2) is 7.77. The highest BCUT2D eigenvalue weighted by atomic mass is 19.3. The van der Waals surface area contributed by atoms with Crippen LogP contribution in [0.25, 0.3) is 0 Å². The number of ether oxygens (including phenoxy) is 2. The standard InChI is InChI=1S/C18H19F2NO3/c1-11-8-12(2)13(3)16(9-11)23-10-17(22)21-14-4-6-15(7-5-14)24-18(19)20/h4-9,18H,10H2,1-3H3,(H,21,22). The zero-order chi connectivity index (χ0) is 17.7. The third-order valence-electron chi connectivity index (χ3n) is 3.49. The van der Waals surface area contributed by atoms with E-state index in [4.69, 9.17) is 4.74 Å². The van der Waals surface area contributed by atoms with Crippen LogP contribution in [0.5, 0.6) is 11.5 Å². The first-order chi connectivity index (χ1) is 11.3. The lowest BCUT2D eigenvalue weighted by molar-refractivity contribution is -0.118. The van der Waals surface area contributed by atoms with Crippen molar-refractivity contribution in [1.82, 2.24) is 0 Å². The van der Waals surface area contributed by atoms with Gasteiger partial charge >= 0.3 is 6.61 Å². The average molecular weight is 335 g/mol. The van der Waals surface area contributed by atoms with Crippen molar-refractivity contribution in [2.45, 2.75) is 27.4 Å². The van der Waals surface area contributed by atoms with Crippen LogP contribution >= 0.6 is 0 Å². The molecule has 0 fully saturated rings. The summed E-state index contributed by atoms with van der Waals surface area (Å²) in [6, 6.07) is 9.61. The lowest BCUT2D eigenvalue weighted by Gasteiger charge is -2.12. The molecule has 0 bridgehead atoms. The van der Waals surface area contributed by atoms with Gasteiger partial charge in [-0.25, -0.2) is 0 Å². The van der Waals surface area contributed by atoms with Gasteiger partial charge in [0.15, 0.2) is 6.61 Å². The van der Waals surface area contributed by atoms with Crippen LogP contribution < -0.4 is 14.8 Å². The summed E-state index contributed by atoms with van der Waals surface area (Å²) < 4.78 is 34.0. The molecule has 0 unspecified atom stereocenters. The van der Waals surface area contributed by atoms with E-state index >= 15 is 0 Å². The minimum Gasteiger partial charge on any atom is -0.483 e. The first kappa shape index (κ1) is 17.7. The minimum absolute atomic E-state index is 0.0325. The molecule has 0 saturated carbocycles. The van der Waals surface area contributed by atoms with Gasteiger partial charge in [-0.15, -0.1) is 0 Å². The summed E-state index contributed by atoms with van der Waals surface area (Å²) in [5.41, 5.74) is 3.62. The van der Waals surface area contributed by atoms with E-state index in [1.807, 2.05) is 32.9 Å². The molecule has 2 aromatic carbocycles. The van der Waals surface area contributed by atoms with Gasteiger partial charge in [0.2, 0.25) is 0 Å². The number of alkyl halides is 2. The van der Waals surface area contributed by atoms with Crippen LogP contribution in [0.3, 0.4) is 0 Å². The number of amides is 1. The van der Waals surface area contributed by atoms with Crippen molar-refractivity contribution >= 4 is 11.6 Å². The van der Waals surface area contributed by atoms with E-state index in [9.17, 15) is 13.6 Å². The lowest BCUT2D eigenvalue weighted by Crippen LogP contribution is -2.20. The fourth-order valence-electron chi connectivity index (χ4n) is 2.21. The smallest absolute Gasteiger partial charge is 0.387 e. The highest BCUT2D eigenvalue weighted by molar-refractivity contribution is 5.91. The van der Waals surface area contributed by atoms with Crippen molar-refractivity contribution in [2.75, 3.05) is 11.9 Å². The predicted molar refractivity (Wildman–Crippen MR) is 87.9 cm³/mol. The first-order valence-electron chi connectivity index (χ1n) is 7.40. The molecule has 0 atom stereocenters. The predicted octanol–water partition coefficient (Wildman–Crippen LogP) is 4.23. The number of rotatable bonds is 6. The van der Waals surface area contributed by atoms with Gasteiger partial charge in [-0.3, -0.25) is 4.79 Å². The molecule has 0 aliphatic rings. The molecule has 0 aliphatic carbocycles. The topological polar surface area (TPSA) is 47.6 Å². The van der Waals surface area contributed by atoms with Gasteiger partial charge in [-0.05, 0) is 67.8 Å². The molecule has 1 amide bonds. The summed E-state index contributed by atoms with van der Waals surface area (Å²) in [5, 5.41) is 2.63. The Bertz CT molecular complexity index is 715. The Morgan fingerprint density at radius 1 is 1.12 bits per heavy atom. The molecule has 2 rings (SSSR count). The Kier molecular flexibility index (Phi) is 5.73. The molecular formula is C18H19F2NO3. The Morgan fingerprint density at radius 3 is 2.42 bits per heavy atom. The number of carbonyl (C=O) groups excluding carboxylic acids is 1. The van der Waals surface area contributed by atoms with Crippen LogP contribution in [-0.2, 0) is 4.79 Å². The third-order valence-corrected chi connectivity index (χ3v) is 3.49. The van der Waals surface area contributed by atoms with Crippen LogP contribution in [0.2, 0.25) is 0 Å². The summed E-state index contributed by atoms with van der Waals surface area (Å²) in [7, 11) is 0. The Morgan fingerprint density at radius 2 is 1.79 bits per heavy atom. The van der Waals surface area contributed by atoms with Crippen LogP contribution in [0.1, 0.15) is 16.7 Å². The summed E-state index contributed by atoms with van der Waals surface area (Å²) in [4.78, 5) is 11.9. The molecule has 0 aromatic heterocycles. The van der Waals surface area contributed by atoms with E-state index in [-0.39, 0.29) is 18.3 Å². The normalized spacial score (nSPS) is 10.6. The van der Waals surface area contributed by atoms with Gasteiger partial charge < -0.3 is 14.8 Å². The van der Waals surface area contributed by atoms with Crippen LogP contribution in [0.4, 0.5) is 14.5 Å². The number of hydrogen-bond acceptors (Lipinski definition) is 3. The largest absolute Gasteiger partial charge is 0.483 e. The molecule has 1 N–H and O–H groups in total. The zero-order valence-corrected chi connectivity index (χ0v) is 13.7. The Balaban J connectivity index is 1.92. The van der Waals surface area contributed by atoms with Gasteiger partial charge in [0.1, 0.15) is 11.5 Å². The maximum Gasteiger partial charge on any atom is 0.387 e. The second-order valence-corrected chi connectivity index (χ2v) is 5.44. The summed E-state index contributed by atoms with van der Waals surface area (Å²) in [6.07, 6.45) is 0. The fourth-order valence-corrected chi connectivity index (χ4v) is 2.21. The van der Waals surface area contributed by atoms with E-state index in [0.717, 1.165) is 16.7 Å². The van der Waals surface area contributed by atoms with E-state index in [1.54, 1.807) is 0 Å². The van der Waals surface area contributed by atoms with Crippen molar-refractivity contribution in [3.05, 3.63) is 53.1 Å². The van der Waals surface area contributed by atoms with Crippen LogP contribution in [0, 0.1) is 20.8 Å². The van der Waals surface area contributed by atoms with E-state index in [0.29, 0.717) is 11.4 Å². The average Bonchev–Trinajstić information content (AvgIpc) is 2.51. The number of hydrogen-bond donors (Lipinski definition) is 1. The SMILES string of the molecule is Cc1cc(C)c(C)c(OCC(=O)Nc2ccc(OC(F)F)cc2)c1. The van der Waals surface area contributed by atoms with Gasteiger partial charge in [0, 0.05) is 5.69 Å². The maximum absolute atomic E-state index is 12.1. The molecule has 0 heterocycles. The number of nitrogens with one attached hydrogen (secondary N) is 1. The molecule has 24 heavy (non-hydrogen) atoms. The Labute approximate surface area is 139 Å². The maximum atomic E-state index is 12.1. The van der Waals surface area contributed by atoms with E-state index < -0.39 is 6.61 Å². The molecule has 4 nitrogen and oxygen atoms in total. The van der Waals surface area contributed by atoms with Crippen molar-refractivity contribution < 1.29 is 23.0 Å². The molecule has 0 radical (unpaired) electrons. The van der Waals surface area contributed by atoms with Gasteiger partial charge in [0.25, 0.3) is 5.91 Å². The second-order valence-electron chi connectivity index (χ2n) is 5.44. The van der Waals surface area contributed by atoms with Crippen LogP contribution in [0.15, 0.2) is 36.4 Å². The van der Waals surface area contributed by atoms with Crippen molar-refractivity contribution in [1.29, 1.82) is 0 Å². The zero-order valence-electron chi connectivity index (χ0n) is 13.7. The Hall–Kier alpha value is -2.63. The summed E-state index contributed by atoms with van der Waals surface area (Å²) in [6.45, 7) is 2.86. The number of halogens is 2. The van der Waals surface area contributed by atoms with Crippen LogP contribution in [-0.4, -0.2) is 19.1 Å². The monoisotopic (exact) mass is 335 g/mol. The number of anilines is 1. The van der Waals surface area contributed by atoms with E-state index in [2.05, 4.69) is 10.1 Å². The highest BCUT2D eigenvalue weighted by Gasteiger charge is 2.09. The van der Waals surface area contributed by atoms with E-state index in [1.165, 1.54) is 24.3 Å². The van der Waals surface area contributed by atoms with Gasteiger partial charge in [0.05, 0.1) is 0 Å². The molecular weight excluding hydrogens is 316 g/mol. The highest BCUT2D eigenvalue weighted by Crippen LogP contribution is 2.23. The molecule has 0 aliphatic heterocycles. The summed E-state index contributed by atoms with van der Waals surface area (Å²) >= 11 is 0. The first-order valence-corrected chi connectivity index (χ1v) is 7.40. The minimum atomic E-state index is -2.88. The molecule has 128 valence electrons. The summed E-state index contributed by atoms with van der Waals surface area (Å²) in [5.74, 6) is 0.365. The van der Waals surface area contributed by atoms with Crippen molar-refractivity contribution in [3.8, 4) is 11.5 Å². The quantitative estimate of drug-likeness (QED) is 0.859. The lowest BCUT2D eigenvalue weighted by atomic mass is 10.1. The van der Waals surface area contributed by atoms with Crippen molar-refractivity contribution in [3.63, 3.8) is 0 Å². The van der Waals surface area contributed by atoms with Gasteiger partial charge in [-0.2, -0.15) is 8.78 Å². The molecule has 0 saturated heterocycles. The molecule has 6 heteroatoms. The molecule has 0 spiro atoms. The van der Waals surface area contributed by atoms with Crippen molar-refractivity contribution in [2.24, 2.45) is 0 Å². The third kappa shape index (κ3) is 4.94. The van der Waals surface area contributed by atoms with Gasteiger partial charge in [-0.1, -0.05) is 6.07 Å².